The molecule has 0 saturated heterocycles. The van der Waals surface area contributed by atoms with Crippen molar-refractivity contribution in [3.05, 3.63) is 36.2 Å². The van der Waals surface area contributed by atoms with Crippen LogP contribution in [0.5, 0.6) is 0 Å². The third-order valence-electron chi connectivity index (χ3n) is 2.11. The van der Waals surface area contributed by atoms with E-state index in [2.05, 4.69) is 4.99 Å². The van der Waals surface area contributed by atoms with Crippen LogP contribution in [0.1, 0.15) is 6.92 Å². The molecular formula is C10H10FN. The molecule has 0 N–H and O–H groups in total. The minimum atomic E-state index is -0.157. The lowest BCUT2D eigenvalue weighted by molar-refractivity contribution is 0.601. The lowest BCUT2D eigenvalue weighted by Gasteiger charge is -2.21. The highest BCUT2D eigenvalue weighted by Crippen LogP contribution is 2.24. The van der Waals surface area contributed by atoms with E-state index in [4.69, 9.17) is 0 Å². The number of hydrogen-bond acceptors (Lipinski definition) is 1. The van der Waals surface area contributed by atoms with Crippen LogP contribution < -0.4 is 0 Å². The Labute approximate surface area is 71.0 Å². The van der Waals surface area contributed by atoms with Crippen LogP contribution in [0, 0.1) is 5.92 Å². The van der Waals surface area contributed by atoms with E-state index in [0.29, 0.717) is 0 Å². The van der Waals surface area contributed by atoms with Gasteiger partial charge in [0.1, 0.15) is 5.83 Å². The number of nitrogens with zero attached hydrogens (tertiary/aromatic N) is 1. The van der Waals surface area contributed by atoms with Gasteiger partial charge in [0, 0.05) is 11.6 Å². The molecule has 0 saturated carbocycles. The minimum Gasteiger partial charge on any atom is -0.282 e. The second-order valence-electron chi connectivity index (χ2n) is 3.11. The lowest BCUT2D eigenvalue weighted by atomic mass is 9.92. The molecule has 0 bridgehead atoms. The molecule has 2 aliphatic rings. The van der Waals surface area contributed by atoms with Crippen molar-refractivity contribution in [3.63, 3.8) is 0 Å². The molecule has 1 aliphatic carbocycles. The van der Waals surface area contributed by atoms with E-state index < -0.39 is 0 Å². The SMILES string of the molecule is CC1=NC2C=CC(F)=CC2C=C1. The van der Waals surface area contributed by atoms with E-state index in [1.54, 1.807) is 6.08 Å². The van der Waals surface area contributed by atoms with Crippen LogP contribution in [0.3, 0.4) is 0 Å². The zero-order chi connectivity index (χ0) is 8.55. The van der Waals surface area contributed by atoms with Gasteiger partial charge in [0.15, 0.2) is 0 Å². The number of allylic oxidation sites excluding steroid dienone is 3. The topological polar surface area (TPSA) is 12.4 Å². The summed E-state index contributed by atoms with van der Waals surface area (Å²) in [6.45, 7) is 1.95. The minimum absolute atomic E-state index is 0.120. The van der Waals surface area contributed by atoms with Gasteiger partial charge >= 0.3 is 0 Å². The molecule has 0 aromatic rings. The second-order valence-corrected chi connectivity index (χ2v) is 3.11. The maximum Gasteiger partial charge on any atom is 0.119 e. The molecule has 62 valence electrons. The van der Waals surface area contributed by atoms with Crippen LogP contribution in [-0.4, -0.2) is 11.8 Å². The van der Waals surface area contributed by atoms with E-state index in [0.717, 1.165) is 5.71 Å². The Morgan fingerprint density at radius 3 is 3.00 bits per heavy atom. The van der Waals surface area contributed by atoms with E-state index in [1.165, 1.54) is 6.08 Å². The zero-order valence-electron chi connectivity index (χ0n) is 6.87. The molecule has 2 heteroatoms. The van der Waals surface area contributed by atoms with Crippen LogP contribution in [0.2, 0.25) is 0 Å². The Bertz CT molecular complexity index is 278. The van der Waals surface area contributed by atoms with Crippen molar-refractivity contribution in [3.8, 4) is 0 Å². The molecule has 0 aromatic carbocycles. The number of dihydropyridines is 1. The molecule has 2 atom stereocenters. The van der Waals surface area contributed by atoms with E-state index in [1.807, 2.05) is 25.2 Å². The first-order valence-corrected chi connectivity index (χ1v) is 4.04. The fourth-order valence-electron chi connectivity index (χ4n) is 1.48. The molecule has 1 aliphatic heterocycles. The first-order chi connectivity index (χ1) is 5.75. The summed E-state index contributed by atoms with van der Waals surface area (Å²) < 4.78 is 12.7. The second kappa shape index (κ2) is 2.70. The molecule has 2 rings (SSSR count). The average Bonchev–Trinajstić information content (AvgIpc) is 2.05. The summed E-state index contributed by atoms with van der Waals surface area (Å²) in [7, 11) is 0. The predicted molar refractivity (Wildman–Crippen MR) is 47.9 cm³/mol. The smallest absolute Gasteiger partial charge is 0.119 e. The van der Waals surface area contributed by atoms with Gasteiger partial charge in [-0.2, -0.15) is 0 Å². The van der Waals surface area contributed by atoms with Crippen molar-refractivity contribution in [1.29, 1.82) is 0 Å². The standard InChI is InChI=1S/C10H10FN/c1-7-2-3-8-6-9(11)4-5-10(8)12-7/h2-6,8,10H,1H3. The fraction of sp³-hybridized carbons (Fsp3) is 0.300. The maximum atomic E-state index is 12.7. The molecule has 1 heterocycles. The number of rotatable bonds is 0. The molecule has 0 fully saturated rings. The highest BCUT2D eigenvalue weighted by Gasteiger charge is 2.20. The summed E-state index contributed by atoms with van der Waals surface area (Å²) in [6.07, 6.45) is 8.83. The van der Waals surface area contributed by atoms with Gasteiger partial charge in [0.05, 0.1) is 6.04 Å². The molecular weight excluding hydrogens is 153 g/mol. The average molecular weight is 163 g/mol. The summed E-state index contributed by atoms with van der Waals surface area (Å²) >= 11 is 0. The fourth-order valence-corrected chi connectivity index (χ4v) is 1.48. The van der Waals surface area contributed by atoms with Crippen molar-refractivity contribution < 1.29 is 4.39 Å². The Balaban J connectivity index is 2.29. The van der Waals surface area contributed by atoms with E-state index in [-0.39, 0.29) is 17.8 Å². The van der Waals surface area contributed by atoms with E-state index in [9.17, 15) is 4.39 Å². The molecule has 0 radical (unpaired) electrons. The molecule has 0 aromatic heterocycles. The van der Waals surface area contributed by atoms with Gasteiger partial charge in [-0.05, 0) is 25.2 Å². The first kappa shape index (κ1) is 7.47. The van der Waals surface area contributed by atoms with Crippen LogP contribution in [0.15, 0.2) is 41.2 Å². The lowest BCUT2D eigenvalue weighted by Crippen LogP contribution is -2.19. The highest BCUT2D eigenvalue weighted by atomic mass is 19.1. The highest BCUT2D eigenvalue weighted by molar-refractivity contribution is 5.93. The van der Waals surface area contributed by atoms with Crippen LogP contribution in [0.4, 0.5) is 4.39 Å². The molecule has 12 heavy (non-hydrogen) atoms. The van der Waals surface area contributed by atoms with Crippen molar-refractivity contribution in [2.24, 2.45) is 10.9 Å². The Kier molecular flexibility index (Phi) is 1.68. The van der Waals surface area contributed by atoms with Gasteiger partial charge in [-0.1, -0.05) is 12.2 Å². The normalized spacial score (nSPS) is 32.5. The Hall–Kier alpha value is -1.18. The van der Waals surface area contributed by atoms with Gasteiger partial charge in [0.2, 0.25) is 0 Å². The third-order valence-corrected chi connectivity index (χ3v) is 2.11. The largest absolute Gasteiger partial charge is 0.282 e. The Morgan fingerprint density at radius 2 is 2.17 bits per heavy atom. The van der Waals surface area contributed by atoms with Crippen LogP contribution >= 0.6 is 0 Å². The predicted octanol–water partition coefficient (Wildman–Crippen LogP) is 2.43. The third kappa shape index (κ3) is 1.24. The zero-order valence-corrected chi connectivity index (χ0v) is 6.87. The monoisotopic (exact) mass is 163 g/mol. The summed E-state index contributed by atoms with van der Waals surface area (Å²) in [5.41, 5.74) is 1.01. The quantitative estimate of drug-likeness (QED) is 0.520. The molecule has 0 spiro atoms. The molecule has 2 unspecified atom stereocenters. The summed E-state index contributed by atoms with van der Waals surface area (Å²) in [5, 5.41) is 0. The van der Waals surface area contributed by atoms with Gasteiger partial charge in [-0.25, -0.2) is 4.39 Å². The number of fused-ring (bicyclic) bond motifs is 1. The summed E-state index contributed by atoms with van der Waals surface area (Å²) in [5.74, 6) is -0.0330. The van der Waals surface area contributed by atoms with Gasteiger partial charge in [-0.15, -0.1) is 0 Å². The van der Waals surface area contributed by atoms with Crippen molar-refractivity contribution in [1.82, 2.24) is 0 Å². The molecule has 0 amide bonds. The van der Waals surface area contributed by atoms with Gasteiger partial charge in [-0.3, -0.25) is 4.99 Å². The van der Waals surface area contributed by atoms with Crippen molar-refractivity contribution in [2.75, 3.05) is 0 Å². The van der Waals surface area contributed by atoms with E-state index >= 15 is 0 Å². The maximum absolute atomic E-state index is 12.7. The summed E-state index contributed by atoms with van der Waals surface area (Å²) in [4.78, 5) is 4.37. The van der Waals surface area contributed by atoms with Gasteiger partial charge in [0.25, 0.3) is 0 Å². The number of halogens is 1. The number of hydrogen-bond donors (Lipinski definition) is 0. The first-order valence-electron chi connectivity index (χ1n) is 4.04. The molecule has 1 nitrogen and oxygen atoms in total. The van der Waals surface area contributed by atoms with Crippen molar-refractivity contribution >= 4 is 5.71 Å². The van der Waals surface area contributed by atoms with Gasteiger partial charge < -0.3 is 0 Å². The van der Waals surface area contributed by atoms with Crippen LogP contribution in [0.25, 0.3) is 0 Å². The van der Waals surface area contributed by atoms with Crippen molar-refractivity contribution in [2.45, 2.75) is 13.0 Å². The summed E-state index contributed by atoms with van der Waals surface area (Å²) in [6, 6.07) is 0.120. The number of aliphatic imine (C=N–C) groups is 1. The Morgan fingerprint density at radius 1 is 1.33 bits per heavy atom. The van der Waals surface area contributed by atoms with Crippen LogP contribution in [-0.2, 0) is 0 Å².